The van der Waals surface area contributed by atoms with E-state index in [1.807, 2.05) is 30.3 Å². The Morgan fingerprint density at radius 2 is 2.21 bits per heavy atom. The van der Waals surface area contributed by atoms with Gasteiger partial charge in [-0.1, -0.05) is 6.07 Å². The number of pyridine rings is 1. The zero-order valence-corrected chi connectivity index (χ0v) is 9.70. The predicted molar refractivity (Wildman–Crippen MR) is 68.5 cm³/mol. The normalized spacial score (nSPS) is 10.5. The Morgan fingerprint density at radius 3 is 3.00 bits per heavy atom. The summed E-state index contributed by atoms with van der Waals surface area (Å²) in [6.45, 7) is 0. The summed E-state index contributed by atoms with van der Waals surface area (Å²) >= 11 is 0. The van der Waals surface area contributed by atoms with Crippen molar-refractivity contribution >= 4 is 28.6 Å². The van der Waals surface area contributed by atoms with Crippen LogP contribution >= 0.6 is 0 Å². The molecule has 0 radical (unpaired) electrons. The van der Waals surface area contributed by atoms with Crippen LogP contribution in [0.4, 0.5) is 11.7 Å². The van der Waals surface area contributed by atoms with Gasteiger partial charge in [0.05, 0.1) is 5.52 Å². The first-order valence-electron chi connectivity index (χ1n) is 5.53. The number of hydrogen-bond donors (Lipinski definition) is 2. The minimum atomic E-state index is -1.13. The Hall–Kier alpha value is -2.89. The lowest BCUT2D eigenvalue weighted by Crippen LogP contribution is -1.97. The standard InChI is InChI=1S/C13H9N3O3/c17-12(18)11-7-19-13(16-11)15-9-3-4-10-8(6-9)2-1-5-14-10/h1-7H,(H,15,16)(H,17,18). The SMILES string of the molecule is O=C(O)c1coc(Nc2ccc3ncccc3c2)n1. The Kier molecular flexibility index (Phi) is 2.60. The van der Waals surface area contributed by atoms with E-state index in [4.69, 9.17) is 9.52 Å². The lowest BCUT2D eigenvalue weighted by atomic mass is 10.2. The zero-order valence-electron chi connectivity index (χ0n) is 9.70. The van der Waals surface area contributed by atoms with Crippen molar-refractivity contribution in [1.82, 2.24) is 9.97 Å². The summed E-state index contributed by atoms with van der Waals surface area (Å²) in [5, 5.41) is 12.6. The van der Waals surface area contributed by atoms with E-state index in [9.17, 15) is 4.79 Å². The number of hydrogen-bond acceptors (Lipinski definition) is 5. The number of carboxylic acid groups (broad SMARTS) is 1. The van der Waals surface area contributed by atoms with E-state index in [2.05, 4.69) is 15.3 Å². The van der Waals surface area contributed by atoms with Gasteiger partial charge in [-0.25, -0.2) is 4.79 Å². The van der Waals surface area contributed by atoms with Crippen LogP contribution in [0.5, 0.6) is 0 Å². The van der Waals surface area contributed by atoms with Crippen LogP contribution in [0.2, 0.25) is 0 Å². The largest absolute Gasteiger partial charge is 0.476 e. The fourth-order valence-corrected chi connectivity index (χ4v) is 1.71. The molecule has 6 heteroatoms. The highest BCUT2D eigenvalue weighted by Gasteiger charge is 2.10. The van der Waals surface area contributed by atoms with Crippen molar-refractivity contribution in [3.63, 3.8) is 0 Å². The highest BCUT2D eigenvalue weighted by Crippen LogP contribution is 2.20. The number of anilines is 2. The van der Waals surface area contributed by atoms with Crippen molar-refractivity contribution in [2.24, 2.45) is 0 Å². The van der Waals surface area contributed by atoms with Gasteiger partial charge in [0.15, 0.2) is 5.69 Å². The molecule has 19 heavy (non-hydrogen) atoms. The number of aromatic nitrogens is 2. The number of nitrogens with one attached hydrogen (secondary N) is 1. The maximum absolute atomic E-state index is 10.7. The summed E-state index contributed by atoms with van der Waals surface area (Å²) in [6.07, 6.45) is 2.82. The number of oxazole rings is 1. The topological polar surface area (TPSA) is 88.2 Å². The van der Waals surface area contributed by atoms with E-state index in [1.165, 1.54) is 0 Å². The molecular weight excluding hydrogens is 246 g/mol. The van der Waals surface area contributed by atoms with E-state index < -0.39 is 5.97 Å². The van der Waals surface area contributed by atoms with Crippen LogP contribution in [0.3, 0.4) is 0 Å². The summed E-state index contributed by atoms with van der Waals surface area (Å²) in [6, 6.07) is 9.48. The van der Waals surface area contributed by atoms with E-state index in [0.717, 1.165) is 22.9 Å². The summed E-state index contributed by atoms with van der Waals surface area (Å²) in [5.41, 5.74) is 1.50. The molecule has 0 spiro atoms. The average molecular weight is 255 g/mol. The van der Waals surface area contributed by atoms with Crippen molar-refractivity contribution in [2.75, 3.05) is 5.32 Å². The lowest BCUT2D eigenvalue weighted by Gasteiger charge is -2.02. The van der Waals surface area contributed by atoms with Crippen LogP contribution < -0.4 is 5.32 Å². The average Bonchev–Trinajstić information content (AvgIpc) is 2.87. The van der Waals surface area contributed by atoms with Crippen molar-refractivity contribution in [2.45, 2.75) is 0 Å². The van der Waals surface area contributed by atoms with Crippen molar-refractivity contribution in [1.29, 1.82) is 0 Å². The maximum Gasteiger partial charge on any atom is 0.357 e. The Labute approximate surface area is 107 Å². The van der Waals surface area contributed by atoms with E-state index >= 15 is 0 Å². The molecule has 2 N–H and O–H groups in total. The molecule has 6 nitrogen and oxygen atoms in total. The summed E-state index contributed by atoms with van der Waals surface area (Å²) in [4.78, 5) is 18.7. The fraction of sp³-hybridized carbons (Fsp3) is 0. The van der Waals surface area contributed by atoms with Gasteiger partial charge in [0.25, 0.3) is 6.01 Å². The Morgan fingerprint density at radius 1 is 1.32 bits per heavy atom. The van der Waals surface area contributed by atoms with E-state index in [1.54, 1.807) is 6.20 Å². The molecule has 0 aliphatic carbocycles. The van der Waals surface area contributed by atoms with Gasteiger partial charge in [0, 0.05) is 17.3 Å². The highest BCUT2D eigenvalue weighted by molar-refractivity contribution is 5.85. The molecule has 3 aromatic rings. The molecule has 2 heterocycles. The smallest absolute Gasteiger partial charge is 0.357 e. The molecule has 0 fully saturated rings. The molecule has 0 saturated heterocycles. The maximum atomic E-state index is 10.7. The predicted octanol–water partition coefficient (Wildman–Crippen LogP) is 2.66. The summed E-state index contributed by atoms with van der Waals surface area (Å²) < 4.78 is 5.02. The molecular formula is C13H9N3O3. The number of nitrogens with zero attached hydrogens (tertiary/aromatic N) is 2. The van der Waals surface area contributed by atoms with Gasteiger partial charge in [0.1, 0.15) is 6.26 Å². The molecule has 0 bridgehead atoms. The fourth-order valence-electron chi connectivity index (χ4n) is 1.71. The monoisotopic (exact) mass is 255 g/mol. The van der Waals surface area contributed by atoms with Gasteiger partial charge in [-0.2, -0.15) is 4.98 Å². The number of rotatable bonds is 3. The van der Waals surface area contributed by atoms with E-state index in [-0.39, 0.29) is 11.7 Å². The van der Waals surface area contributed by atoms with Crippen LogP contribution in [0.25, 0.3) is 10.9 Å². The van der Waals surface area contributed by atoms with Crippen LogP contribution in [0.15, 0.2) is 47.2 Å². The third-order valence-electron chi connectivity index (χ3n) is 2.58. The molecule has 0 aliphatic heterocycles. The molecule has 0 atom stereocenters. The first-order valence-corrected chi connectivity index (χ1v) is 5.53. The first kappa shape index (κ1) is 11.2. The first-order chi connectivity index (χ1) is 9.22. The van der Waals surface area contributed by atoms with Crippen molar-refractivity contribution in [3.8, 4) is 0 Å². The van der Waals surface area contributed by atoms with Crippen LogP contribution in [-0.4, -0.2) is 21.0 Å². The number of benzene rings is 1. The number of carbonyl (C=O) groups is 1. The molecule has 0 unspecified atom stereocenters. The van der Waals surface area contributed by atoms with E-state index in [0.29, 0.717) is 0 Å². The van der Waals surface area contributed by atoms with Crippen LogP contribution in [0, 0.1) is 0 Å². The van der Waals surface area contributed by atoms with Gasteiger partial charge in [-0.05, 0) is 24.3 Å². The third kappa shape index (κ3) is 2.23. The van der Waals surface area contributed by atoms with Crippen LogP contribution in [-0.2, 0) is 0 Å². The lowest BCUT2D eigenvalue weighted by molar-refractivity contribution is 0.0690. The molecule has 94 valence electrons. The summed E-state index contributed by atoms with van der Waals surface area (Å²) in [7, 11) is 0. The van der Waals surface area contributed by atoms with Gasteiger partial charge in [0.2, 0.25) is 0 Å². The number of fused-ring (bicyclic) bond motifs is 1. The highest BCUT2D eigenvalue weighted by atomic mass is 16.4. The molecule has 2 aromatic heterocycles. The Balaban J connectivity index is 1.89. The zero-order chi connectivity index (χ0) is 13.2. The number of aromatic carboxylic acids is 1. The minimum Gasteiger partial charge on any atom is -0.476 e. The second kappa shape index (κ2) is 4.41. The van der Waals surface area contributed by atoms with Crippen molar-refractivity contribution < 1.29 is 14.3 Å². The quantitative estimate of drug-likeness (QED) is 0.748. The molecule has 3 rings (SSSR count). The van der Waals surface area contributed by atoms with Gasteiger partial charge in [-0.3, -0.25) is 4.98 Å². The second-order valence-electron chi connectivity index (χ2n) is 3.88. The molecule has 0 saturated carbocycles. The molecule has 1 aromatic carbocycles. The van der Waals surface area contributed by atoms with Gasteiger partial charge < -0.3 is 14.8 Å². The number of carboxylic acids is 1. The van der Waals surface area contributed by atoms with Gasteiger partial charge in [-0.15, -0.1) is 0 Å². The van der Waals surface area contributed by atoms with Crippen molar-refractivity contribution in [3.05, 3.63) is 48.5 Å². The minimum absolute atomic E-state index is 0.134. The Bertz CT molecular complexity index is 751. The molecule has 0 aliphatic rings. The second-order valence-corrected chi connectivity index (χ2v) is 3.88. The van der Waals surface area contributed by atoms with Gasteiger partial charge >= 0.3 is 5.97 Å². The third-order valence-corrected chi connectivity index (χ3v) is 2.58. The summed E-state index contributed by atoms with van der Waals surface area (Å²) in [5.74, 6) is -1.13. The molecule has 0 amide bonds. The van der Waals surface area contributed by atoms with Crippen LogP contribution in [0.1, 0.15) is 10.5 Å².